The standard InChI is InChI=1S/C18H16F3NO3S/c1-24-14-5-3-4-13(16(14)25-2)17-22(15(23)10-26-17)12-8-6-11(7-9-12)18(19,20)21/h3-9,17H,10H2,1-2H3/t17-/m1/s1. The molecule has 1 aliphatic heterocycles. The topological polar surface area (TPSA) is 38.8 Å². The molecule has 1 aliphatic rings. The molecule has 0 aromatic heterocycles. The van der Waals surface area contributed by atoms with Gasteiger partial charge >= 0.3 is 6.18 Å². The van der Waals surface area contributed by atoms with Gasteiger partial charge in [-0.1, -0.05) is 12.1 Å². The summed E-state index contributed by atoms with van der Waals surface area (Å²) in [7, 11) is 3.02. The van der Waals surface area contributed by atoms with Crippen LogP contribution < -0.4 is 14.4 Å². The third-order valence-electron chi connectivity index (χ3n) is 4.04. The quantitative estimate of drug-likeness (QED) is 0.779. The smallest absolute Gasteiger partial charge is 0.416 e. The molecule has 1 heterocycles. The van der Waals surface area contributed by atoms with E-state index in [2.05, 4.69) is 0 Å². The van der Waals surface area contributed by atoms with Gasteiger partial charge in [-0.15, -0.1) is 11.8 Å². The van der Waals surface area contributed by atoms with Gasteiger partial charge < -0.3 is 9.47 Å². The Kier molecular flexibility index (Phi) is 5.04. The lowest BCUT2D eigenvalue weighted by atomic mass is 10.1. The van der Waals surface area contributed by atoms with Crippen LogP contribution >= 0.6 is 11.8 Å². The number of methoxy groups -OCH3 is 2. The predicted octanol–water partition coefficient (Wildman–Crippen LogP) is 4.50. The number of anilines is 1. The first-order valence-electron chi connectivity index (χ1n) is 7.68. The lowest BCUT2D eigenvalue weighted by Gasteiger charge is -2.26. The Bertz CT molecular complexity index is 808. The molecule has 1 saturated heterocycles. The number of amides is 1. The lowest BCUT2D eigenvalue weighted by molar-refractivity contribution is -0.137. The zero-order valence-electron chi connectivity index (χ0n) is 14.0. The molecule has 0 bridgehead atoms. The van der Waals surface area contributed by atoms with Crippen molar-refractivity contribution in [2.24, 2.45) is 0 Å². The Morgan fingerprint density at radius 3 is 2.35 bits per heavy atom. The fraction of sp³-hybridized carbons (Fsp3) is 0.278. The Hall–Kier alpha value is -2.35. The molecule has 1 atom stereocenters. The van der Waals surface area contributed by atoms with Crippen LogP contribution in [-0.2, 0) is 11.0 Å². The zero-order valence-corrected chi connectivity index (χ0v) is 14.9. The first kappa shape index (κ1) is 18.4. The SMILES string of the molecule is COc1cccc([C@H]2SCC(=O)N2c2ccc(C(F)(F)F)cc2)c1OC. The molecule has 0 spiro atoms. The predicted molar refractivity (Wildman–Crippen MR) is 93.7 cm³/mol. The van der Waals surface area contributed by atoms with Crippen LogP contribution in [0.15, 0.2) is 42.5 Å². The molecule has 26 heavy (non-hydrogen) atoms. The number of thioether (sulfide) groups is 1. The van der Waals surface area contributed by atoms with Crippen molar-refractivity contribution in [2.75, 3.05) is 24.9 Å². The number of carbonyl (C=O) groups is 1. The van der Waals surface area contributed by atoms with Gasteiger partial charge in [0.15, 0.2) is 11.5 Å². The molecule has 1 fully saturated rings. The summed E-state index contributed by atoms with van der Waals surface area (Å²) in [5.41, 5.74) is 0.376. The highest BCUT2D eigenvalue weighted by atomic mass is 32.2. The number of halogens is 3. The second-order valence-corrected chi connectivity index (χ2v) is 6.62. The number of carbonyl (C=O) groups excluding carboxylic acids is 1. The third kappa shape index (κ3) is 3.33. The maximum absolute atomic E-state index is 12.8. The zero-order chi connectivity index (χ0) is 18.9. The van der Waals surface area contributed by atoms with E-state index >= 15 is 0 Å². The van der Waals surface area contributed by atoms with Crippen LogP contribution in [0.4, 0.5) is 18.9 Å². The van der Waals surface area contributed by atoms with E-state index in [0.29, 0.717) is 17.2 Å². The van der Waals surface area contributed by atoms with Gasteiger partial charge in [-0.05, 0) is 30.3 Å². The van der Waals surface area contributed by atoms with E-state index in [4.69, 9.17) is 9.47 Å². The molecule has 0 aliphatic carbocycles. The highest BCUT2D eigenvalue weighted by Crippen LogP contribution is 2.47. The maximum atomic E-state index is 12.8. The van der Waals surface area contributed by atoms with Crippen molar-refractivity contribution in [3.05, 3.63) is 53.6 Å². The van der Waals surface area contributed by atoms with Crippen LogP contribution in [0.25, 0.3) is 0 Å². The summed E-state index contributed by atoms with van der Waals surface area (Å²) in [6.07, 6.45) is -4.42. The number of nitrogens with zero attached hydrogens (tertiary/aromatic N) is 1. The second kappa shape index (κ2) is 7.11. The fourth-order valence-electron chi connectivity index (χ4n) is 2.85. The van der Waals surface area contributed by atoms with Crippen LogP contribution in [-0.4, -0.2) is 25.9 Å². The number of para-hydroxylation sites is 1. The third-order valence-corrected chi connectivity index (χ3v) is 5.23. The van der Waals surface area contributed by atoms with Gasteiger partial charge in [-0.2, -0.15) is 13.2 Å². The number of ether oxygens (including phenoxy) is 2. The Morgan fingerprint density at radius 1 is 1.08 bits per heavy atom. The summed E-state index contributed by atoms with van der Waals surface area (Å²) in [4.78, 5) is 13.9. The Labute approximate surface area is 152 Å². The highest BCUT2D eigenvalue weighted by Gasteiger charge is 2.37. The number of hydrogen-bond donors (Lipinski definition) is 0. The van der Waals surface area contributed by atoms with Gasteiger partial charge in [-0.3, -0.25) is 9.69 Å². The monoisotopic (exact) mass is 383 g/mol. The van der Waals surface area contributed by atoms with Gasteiger partial charge in [0, 0.05) is 11.3 Å². The van der Waals surface area contributed by atoms with Gasteiger partial charge in [0.25, 0.3) is 0 Å². The van der Waals surface area contributed by atoms with Crippen LogP contribution in [0, 0.1) is 0 Å². The van der Waals surface area contributed by atoms with E-state index in [1.165, 1.54) is 43.0 Å². The van der Waals surface area contributed by atoms with Gasteiger partial charge in [0.1, 0.15) is 5.37 Å². The van der Waals surface area contributed by atoms with Crippen LogP contribution in [0.3, 0.4) is 0 Å². The van der Waals surface area contributed by atoms with Gasteiger partial charge in [-0.25, -0.2) is 0 Å². The van der Waals surface area contributed by atoms with Gasteiger partial charge in [0.2, 0.25) is 5.91 Å². The number of rotatable bonds is 4. The van der Waals surface area contributed by atoms with E-state index in [1.54, 1.807) is 12.1 Å². The van der Waals surface area contributed by atoms with E-state index in [9.17, 15) is 18.0 Å². The van der Waals surface area contributed by atoms with Crippen molar-refractivity contribution >= 4 is 23.4 Å². The van der Waals surface area contributed by atoms with Crippen molar-refractivity contribution in [3.63, 3.8) is 0 Å². The van der Waals surface area contributed by atoms with E-state index in [-0.39, 0.29) is 11.7 Å². The molecule has 0 saturated carbocycles. The average Bonchev–Trinajstić information content (AvgIpc) is 3.01. The molecule has 0 radical (unpaired) electrons. The van der Waals surface area contributed by atoms with Crippen molar-refractivity contribution in [3.8, 4) is 11.5 Å². The normalized spacial score (nSPS) is 17.5. The molecular weight excluding hydrogens is 367 g/mol. The van der Waals surface area contributed by atoms with Crippen molar-refractivity contribution in [1.82, 2.24) is 0 Å². The number of alkyl halides is 3. The molecule has 8 heteroatoms. The summed E-state index contributed by atoms with van der Waals surface area (Å²) in [5, 5.41) is -0.413. The van der Waals surface area contributed by atoms with Crippen LogP contribution in [0.2, 0.25) is 0 Å². The minimum atomic E-state index is -4.42. The molecule has 138 valence electrons. The molecule has 0 unspecified atom stereocenters. The Balaban J connectivity index is 2.00. The molecule has 2 aromatic rings. The molecule has 0 N–H and O–H groups in total. The van der Waals surface area contributed by atoms with E-state index in [0.717, 1.165) is 17.7 Å². The highest BCUT2D eigenvalue weighted by molar-refractivity contribution is 8.00. The molecule has 3 rings (SSSR count). The van der Waals surface area contributed by atoms with Crippen molar-refractivity contribution < 1.29 is 27.4 Å². The first-order valence-corrected chi connectivity index (χ1v) is 8.73. The molecular formula is C18H16F3NO3S. The van der Waals surface area contributed by atoms with Crippen molar-refractivity contribution in [1.29, 1.82) is 0 Å². The van der Waals surface area contributed by atoms with Crippen LogP contribution in [0.5, 0.6) is 11.5 Å². The van der Waals surface area contributed by atoms with Gasteiger partial charge in [0.05, 0.1) is 25.5 Å². The average molecular weight is 383 g/mol. The summed E-state index contributed by atoms with van der Waals surface area (Å²) < 4.78 is 49.1. The van der Waals surface area contributed by atoms with Crippen molar-refractivity contribution in [2.45, 2.75) is 11.6 Å². The van der Waals surface area contributed by atoms with Crippen LogP contribution in [0.1, 0.15) is 16.5 Å². The molecule has 1 amide bonds. The minimum absolute atomic E-state index is 0.176. The van der Waals surface area contributed by atoms with E-state index in [1.807, 2.05) is 6.07 Å². The molecule has 4 nitrogen and oxygen atoms in total. The summed E-state index contributed by atoms with van der Waals surface area (Å²) in [5.74, 6) is 1.08. The summed E-state index contributed by atoms with van der Waals surface area (Å²) >= 11 is 1.38. The number of hydrogen-bond acceptors (Lipinski definition) is 4. The largest absolute Gasteiger partial charge is 0.493 e. The number of benzene rings is 2. The summed E-state index contributed by atoms with van der Waals surface area (Å²) in [6.45, 7) is 0. The molecule has 2 aromatic carbocycles. The van der Waals surface area contributed by atoms with E-state index < -0.39 is 17.1 Å². The first-order chi connectivity index (χ1) is 12.4. The Morgan fingerprint density at radius 2 is 1.77 bits per heavy atom. The fourth-order valence-corrected chi connectivity index (χ4v) is 4.04. The maximum Gasteiger partial charge on any atom is 0.416 e. The minimum Gasteiger partial charge on any atom is -0.493 e. The summed E-state index contributed by atoms with van der Waals surface area (Å²) in [6, 6.07) is 9.92. The lowest BCUT2D eigenvalue weighted by Crippen LogP contribution is -2.28. The second-order valence-electron chi connectivity index (χ2n) is 5.55.